The number of hydrogen-bond acceptors (Lipinski definition) is 3. The van der Waals surface area contributed by atoms with Crippen molar-refractivity contribution >= 4 is 34.9 Å². The average Bonchev–Trinajstić information content (AvgIpc) is 2.46. The van der Waals surface area contributed by atoms with Crippen LogP contribution in [0.3, 0.4) is 0 Å². The van der Waals surface area contributed by atoms with Crippen LogP contribution in [0.25, 0.3) is 11.1 Å². The first-order valence-corrected chi connectivity index (χ1v) is 6.68. The normalized spacial score (nSPS) is 10.2. The van der Waals surface area contributed by atoms with E-state index in [0.717, 1.165) is 11.1 Å². The van der Waals surface area contributed by atoms with Crippen LogP contribution in [0.15, 0.2) is 36.4 Å². The molecule has 3 nitrogen and oxygen atoms in total. The molecule has 0 radical (unpaired) electrons. The van der Waals surface area contributed by atoms with E-state index < -0.39 is 0 Å². The minimum atomic E-state index is -0.386. The summed E-state index contributed by atoms with van der Waals surface area (Å²) < 4.78 is 4.74. The number of carbonyl (C=O) groups is 1. The molecular weight excluding hydrogens is 297 g/mol. The van der Waals surface area contributed by atoms with Crippen molar-refractivity contribution in [2.24, 2.45) is 0 Å². The van der Waals surface area contributed by atoms with E-state index in [1.807, 2.05) is 18.2 Å². The Hall–Kier alpha value is -1.71. The average molecular weight is 310 g/mol. The number of esters is 1. The minimum Gasteiger partial charge on any atom is -0.465 e. The van der Waals surface area contributed by atoms with Crippen molar-refractivity contribution in [3.8, 4) is 11.1 Å². The fraction of sp³-hybridized carbons (Fsp3) is 0.133. The van der Waals surface area contributed by atoms with Crippen molar-refractivity contribution in [1.82, 2.24) is 0 Å². The molecule has 104 valence electrons. The number of methoxy groups -OCH3 is 1. The molecule has 2 aromatic carbocycles. The number of hydrogen-bond donors (Lipinski definition) is 1. The molecule has 0 unspecified atom stereocenters. The zero-order valence-electron chi connectivity index (χ0n) is 11.0. The minimum absolute atomic E-state index is 0.386. The summed E-state index contributed by atoms with van der Waals surface area (Å²) in [4.78, 5) is 11.6. The lowest BCUT2D eigenvalue weighted by Crippen LogP contribution is -2.05. The van der Waals surface area contributed by atoms with Crippen LogP contribution in [-0.2, 0) is 4.74 Å². The third-order valence-corrected chi connectivity index (χ3v) is 3.48. The largest absolute Gasteiger partial charge is 0.465 e. The number of nitrogens with one attached hydrogen (secondary N) is 1. The third kappa shape index (κ3) is 2.89. The highest BCUT2D eigenvalue weighted by molar-refractivity contribution is 6.36. The lowest BCUT2D eigenvalue weighted by atomic mass is 10.0. The first-order chi connectivity index (χ1) is 9.56. The second kappa shape index (κ2) is 6.16. The molecule has 0 heterocycles. The molecule has 20 heavy (non-hydrogen) atoms. The van der Waals surface area contributed by atoms with Gasteiger partial charge in [0.2, 0.25) is 0 Å². The monoisotopic (exact) mass is 309 g/mol. The van der Waals surface area contributed by atoms with Gasteiger partial charge < -0.3 is 10.1 Å². The first kappa shape index (κ1) is 14.7. The van der Waals surface area contributed by atoms with E-state index in [4.69, 9.17) is 27.9 Å². The van der Waals surface area contributed by atoms with Crippen LogP contribution in [0, 0.1) is 0 Å². The summed E-state index contributed by atoms with van der Waals surface area (Å²) in [6.45, 7) is 0. The van der Waals surface area contributed by atoms with Gasteiger partial charge in [-0.05, 0) is 29.8 Å². The maximum absolute atomic E-state index is 11.6. The van der Waals surface area contributed by atoms with Crippen molar-refractivity contribution in [2.75, 3.05) is 19.5 Å². The van der Waals surface area contributed by atoms with Crippen LogP contribution in [0.2, 0.25) is 10.0 Å². The zero-order valence-corrected chi connectivity index (χ0v) is 12.5. The smallest absolute Gasteiger partial charge is 0.339 e. The fourth-order valence-corrected chi connectivity index (χ4v) is 2.45. The number of benzene rings is 2. The summed E-state index contributed by atoms with van der Waals surface area (Å²) >= 11 is 12.1. The molecule has 0 aliphatic heterocycles. The Kier molecular flexibility index (Phi) is 4.53. The summed E-state index contributed by atoms with van der Waals surface area (Å²) in [7, 11) is 3.10. The Morgan fingerprint density at radius 1 is 1.15 bits per heavy atom. The van der Waals surface area contributed by atoms with Gasteiger partial charge in [-0.25, -0.2) is 4.79 Å². The van der Waals surface area contributed by atoms with Gasteiger partial charge in [0, 0.05) is 28.3 Å². The summed E-state index contributed by atoms with van der Waals surface area (Å²) in [6, 6.07) is 10.7. The van der Waals surface area contributed by atoms with Crippen LogP contribution in [0.4, 0.5) is 5.69 Å². The molecule has 1 N–H and O–H groups in total. The summed E-state index contributed by atoms with van der Waals surface area (Å²) in [5.41, 5.74) is 2.90. The van der Waals surface area contributed by atoms with E-state index in [1.54, 1.807) is 25.2 Å². The summed E-state index contributed by atoms with van der Waals surface area (Å²) in [6.07, 6.45) is 0. The Labute approximate surface area is 127 Å². The van der Waals surface area contributed by atoms with Crippen LogP contribution >= 0.6 is 23.2 Å². The lowest BCUT2D eigenvalue weighted by Gasteiger charge is -2.11. The molecule has 2 rings (SSSR count). The highest BCUT2D eigenvalue weighted by atomic mass is 35.5. The molecular formula is C15H13Cl2NO2. The number of halogens is 2. The van der Waals surface area contributed by atoms with Gasteiger partial charge in [0.15, 0.2) is 0 Å². The molecule has 0 fully saturated rings. The predicted molar refractivity (Wildman–Crippen MR) is 82.8 cm³/mol. The number of ether oxygens (including phenoxy) is 1. The van der Waals surface area contributed by atoms with E-state index in [9.17, 15) is 4.79 Å². The molecule has 0 amide bonds. The Morgan fingerprint density at radius 2 is 1.90 bits per heavy atom. The van der Waals surface area contributed by atoms with Crippen molar-refractivity contribution in [2.45, 2.75) is 0 Å². The molecule has 0 aliphatic carbocycles. The highest BCUT2D eigenvalue weighted by Crippen LogP contribution is 2.32. The molecule has 0 saturated heterocycles. The SMILES string of the molecule is CNc1cc(-c2ccc(Cl)cc2Cl)ccc1C(=O)OC. The molecule has 5 heteroatoms. The lowest BCUT2D eigenvalue weighted by molar-refractivity contribution is 0.0602. The van der Waals surface area contributed by atoms with Gasteiger partial charge in [-0.1, -0.05) is 35.3 Å². The van der Waals surface area contributed by atoms with Crippen molar-refractivity contribution in [3.05, 3.63) is 52.0 Å². The van der Waals surface area contributed by atoms with Gasteiger partial charge in [0.05, 0.1) is 12.7 Å². The van der Waals surface area contributed by atoms with Gasteiger partial charge >= 0.3 is 5.97 Å². The third-order valence-electron chi connectivity index (χ3n) is 2.94. The van der Waals surface area contributed by atoms with Crippen LogP contribution in [0.5, 0.6) is 0 Å². The maximum atomic E-state index is 11.6. The fourth-order valence-electron chi connectivity index (χ4n) is 1.93. The Balaban J connectivity index is 2.51. The molecule has 2 aromatic rings. The summed E-state index contributed by atoms with van der Waals surface area (Å²) in [5, 5.41) is 4.12. The molecule has 0 spiro atoms. The molecule has 0 saturated carbocycles. The number of carbonyl (C=O) groups excluding carboxylic acids is 1. The molecule has 0 aliphatic rings. The zero-order chi connectivity index (χ0) is 14.7. The number of rotatable bonds is 3. The van der Waals surface area contributed by atoms with Crippen molar-refractivity contribution < 1.29 is 9.53 Å². The molecule has 0 aromatic heterocycles. The Bertz CT molecular complexity index is 656. The molecule has 0 bridgehead atoms. The van der Waals surface area contributed by atoms with Crippen LogP contribution in [0.1, 0.15) is 10.4 Å². The van der Waals surface area contributed by atoms with Crippen LogP contribution < -0.4 is 5.32 Å². The van der Waals surface area contributed by atoms with E-state index in [0.29, 0.717) is 21.3 Å². The number of anilines is 1. The quantitative estimate of drug-likeness (QED) is 0.849. The molecule has 0 atom stereocenters. The van der Waals surface area contributed by atoms with Crippen molar-refractivity contribution in [3.63, 3.8) is 0 Å². The van der Waals surface area contributed by atoms with E-state index in [2.05, 4.69) is 5.32 Å². The topological polar surface area (TPSA) is 38.3 Å². The second-order valence-electron chi connectivity index (χ2n) is 4.13. The Morgan fingerprint density at radius 3 is 2.50 bits per heavy atom. The van der Waals surface area contributed by atoms with E-state index >= 15 is 0 Å². The van der Waals surface area contributed by atoms with Gasteiger partial charge in [-0.3, -0.25) is 0 Å². The van der Waals surface area contributed by atoms with Gasteiger partial charge in [-0.2, -0.15) is 0 Å². The van der Waals surface area contributed by atoms with E-state index in [1.165, 1.54) is 7.11 Å². The first-order valence-electron chi connectivity index (χ1n) is 5.92. The van der Waals surface area contributed by atoms with Crippen molar-refractivity contribution in [1.29, 1.82) is 0 Å². The maximum Gasteiger partial charge on any atom is 0.339 e. The summed E-state index contributed by atoms with van der Waals surface area (Å²) in [5.74, 6) is -0.386. The second-order valence-corrected chi connectivity index (χ2v) is 4.97. The van der Waals surface area contributed by atoms with Gasteiger partial charge in [0.25, 0.3) is 0 Å². The van der Waals surface area contributed by atoms with Gasteiger partial charge in [0.1, 0.15) is 0 Å². The predicted octanol–water partition coefficient (Wildman–Crippen LogP) is 4.49. The van der Waals surface area contributed by atoms with Crippen LogP contribution in [-0.4, -0.2) is 20.1 Å². The van der Waals surface area contributed by atoms with Gasteiger partial charge in [-0.15, -0.1) is 0 Å². The van der Waals surface area contributed by atoms with E-state index in [-0.39, 0.29) is 5.97 Å². The standard InChI is InChI=1S/C15H13Cl2NO2/c1-18-14-7-9(3-5-12(14)15(19)20-2)11-6-4-10(16)8-13(11)17/h3-8,18H,1-2H3. The highest BCUT2D eigenvalue weighted by Gasteiger charge is 2.13.